The maximum absolute atomic E-state index is 13.1. The lowest BCUT2D eigenvalue weighted by atomic mass is 9.84. The maximum Gasteiger partial charge on any atom is 0.264 e. The molecule has 37 heavy (non-hydrogen) atoms. The molecule has 0 spiro atoms. The fourth-order valence-corrected chi connectivity index (χ4v) is 5.38. The first-order valence-electron chi connectivity index (χ1n) is 12.4. The van der Waals surface area contributed by atoms with Crippen LogP contribution < -0.4 is 4.72 Å². The van der Waals surface area contributed by atoms with E-state index >= 15 is 0 Å². The van der Waals surface area contributed by atoms with Gasteiger partial charge in [0.25, 0.3) is 10.0 Å². The molecule has 1 amide bonds. The van der Waals surface area contributed by atoms with E-state index in [1.54, 1.807) is 24.3 Å². The molecular weight excluding hydrogens is 482 g/mol. The minimum Gasteiger partial charge on any atom is -0.305 e. The number of amides is 1. The van der Waals surface area contributed by atoms with Crippen LogP contribution in [0, 0.1) is 11.3 Å². The van der Waals surface area contributed by atoms with Gasteiger partial charge in [-0.2, -0.15) is 5.26 Å². The molecule has 0 fully saturated rings. The molecule has 0 aromatic heterocycles. The van der Waals surface area contributed by atoms with E-state index in [9.17, 15) is 13.2 Å². The molecule has 0 saturated carbocycles. The summed E-state index contributed by atoms with van der Waals surface area (Å²) in [7, 11) is -0.102. The molecule has 0 atom stereocenters. The third-order valence-corrected chi connectivity index (χ3v) is 7.62. The topological polar surface area (TPSA) is 90.3 Å². The Kier molecular flexibility index (Phi) is 8.90. The third-order valence-electron chi connectivity index (χ3n) is 6.23. The van der Waals surface area contributed by atoms with E-state index in [-0.39, 0.29) is 23.2 Å². The summed E-state index contributed by atoms with van der Waals surface area (Å²) in [6, 6.07) is 20.3. The number of hydrogen-bond donors (Lipinski definition) is 1. The molecule has 3 aromatic carbocycles. The second kappa shape index (κ2) is 11.7. The van der Waals surface area contributed by atoms with Crippen molar-refractivity contribution in [2.24, 2.45) is 0 Å². The lowest BCUT2D eigenvalue weighted by Crippen LogP contribution is -2.32. The van der Waals surface area contributed by atoms with E-state index in [0.29, 0.717) is 12.1 Å². The molecule has 0 aliphatic heterocycles. The average Bonchev–Trinajstić information content (AvgIpc) is 2.83. The van der Waals surface area contributed by atoms with Crippen molar-refractivity contribution in [3.05, 3.63) is 88.5 Å². The van der Waals surface area contributed by atoms with Gasteiger partial charge in [-0.25, -0.2) is 13.1 Å². The van der Waals surface area contributed by atoms with Crippen molar-refractivity contribution in [2.45, 2.75) is 57.4 Å². The van der Waals surface area contributed by atoms with Crippen LogP contribution in [0.25, 0.3) is 11.1 Å². The van der Waals surface area contributed by atoms with Gasteiger partial charge in [-0.05, 0) is 83.6 Å². The van der Waals surface area contributed by atoms with Crippen molar-refractivity contribution in [1.29, 1.82) is 5.26 Å². The summed E-state index contributed by atoms with van der Waals surface area (Å²) in [6.45, 7) is 8.96. The standard InChI is InChI=1S/C30H35N3O3S/c1-20(2)27-15-25(24-11-7-22(18-31)8-12-24)16-28(21(3)4)29(27)17-30(34)32-37(35,36)26-13-9-23(10-14-26)19-33(5)6/h7-16,20-21H,17,19H2,1-6H3,(H,32,34). The molecule has 0 heterocycles. The Labute approximate surface area is 221 Å². The van der Waals surface area contributed by atoms with E-state index in [1.807, 2.05) is 31.1 Å². The van der Waals surface area contributed by atoms with Crippen LogP contribution in [0.4, 0.5) is 0 Å². The number of carbonyl (C=O) groups excluding carboxylic acids is 1. The van der Waals surface area contributed by atoms with Crippen LogP contribution in [-0.4, -0.2) is 33.3 Å². The highest BCUT2D eigenvalue weighted by Gasteiger charge is 2.22. The summed E-state index contributed by atoms with van der Waals surface area (Å²) < 4.78 is 28.1. The molecule has 0 unspecified atom stereocenters. The highest BCUT2D eigenvalue weighted by atomic mass is 32.2. The zero-order valence-electron chi connectivity index (χ0n) is 22.4. The van der Waals surface area contributed by atoms with Gasteiger partial charge in [0.1, 0.15) is 0 Å². The maximum atomic E-state index is 13.1. The molecule has 3 rings (SSSR count). The first-order valence-corrected chi connectivity index (χ1v) is 13.9. The van der Waals surface area contributed by atoms with Crippen molar-refractivity contribution < 1.29 is 13.2 Å². The Bertz CT molecular complexity index is 1370. The van der Waals surface area contributed by atoms with Crippen molar-refractivity contribution >= 4 is 15.9 Å². The van der Waals surface area contributed by atoms with Gasteiger partial charge >= 0.3 is 0 Å². The van der Waals surface area contributed by atoms with Crippen LogP contribution in [0.3, 0.4) is 0 Å². The minimum absolute atomic E-state index is 0.0351. The van der Waals surface area contributed by atoms with Gasteiger partial charge < -0.3 is 4.90 Å². The van der Waals surface area contributed by atoms with Crippen LogP contribution in [0.5, 0.6) is 0 Å². The Hall–Kier alpha value is -3.47. The van der Waals surface area contributed by atoms with Crippen LogP contribution in [0.2, 0.25) is 0 Å². The molecular formula is C30H35N3O3S. The van der Waals surface area contributed by atoms with Crippen molar-refractivity contribution in [3.8, 4) is 17.2 Å². The predicted octanol–water partition coefficient (Wildman–Crippen LogP) is 5.58. The fourth-order valence-electron chi connectivity index (χ4n) is 4.40. The number of benzene rings is 3. The SMILES string of the molecule is CC(C)c1cc(-c2ccc(C#N)cc2)cc(C(C)C)c1CC(=O)NS(=O)(=O)c1ccc(CN(C)C)cc1. The Morgan fingerprint density at radius 3 is 1.89 bits per heavy atom. The van der Waals surface area contributed by atoms with Crippen molar-refractivity contribution in [1.82, 2.24) is 9.62 Å². The lowest BCUT2D eigenvalue weighted by Gasteiger charge is -2.22. The summed E-state index contributed by atoms with van der Waals surface area (Å²) in [4.78, 5) is 15.1. The van der Waals surface area contributed by atoms with Crippen LogP contribution in [-0.2, 0) is 27.8 Å². The normalized spacial score (nSPS) is 11.7. The van der Waals surface area contributed by atoms with E-state index < -0.39 is 15.9 Å². The number of rotatable bonds is 9. The Balaban J connectivity index is 1.92. The van der Waals surface area contributed by atoms with Gasteiger partial charge in [0, 0.05) is 6.54 Å². The van der Waals surface area contributed by atoms with Crippen LogP contribution in [0.1, 0.15) is 67.3 Å². The van der Waals surface area contributed by atoms with Gasteiger partial charge in [-0.15, -0.1) is 0 Å². The number of carbonyl (C=O) groups is 1. The highest BCUT2D eigenvalue weighted by molar-refractivity contribution is 7.90. The zero-order valence-corrected chi connectivity index (χ0v) is 23.2. The molecule has 0 bridgehead atoms. The quantitative estimate of drug-likeness (QED) is 0.400. The van der Waals surface area contributed by atoms with Gasteiger partial charge in [0.15, 0.2) is 0 Å². The van der Waals surface area contributed by atoms with Crippen LogP contribution >= 0.6 is 0 Å². The number of nitrogens with zero attached hydrogens (tertiary/aromatic N) is 2. The third kappa shape index (κ3) is 7.06. The number of sulfonamides is 1. The smallest absolute Gasteiger partial charge is 0.264 e. The van der Waals surface area contributed by atoms with Crippen LogP contribution in [0.15, 0.2) is 65.6 Å². The molecule has 0 radical (unpaired) electrons. The van der Waals surface area contributed by atoms with Crippen molar-refractivity contribution in [2.75, 3.05) is 14.1 Å². The highest BCUT2D eigenvalue weighted by Crippen LogP contribution is 2.34. The molecule has 1 N–H and O–H groups in total. The van der Waals surface area contributed by atoms with E-state index in [1.165, 1.54) is 12.1 Å². The minimum atomic E-state index is -3.99. The summed E-state index contributed by atoms with van der Waals surface area (Å²) in [6.07, 6.45) is -0.0351. The number of nitriles is 1. The van der Waals surface area contributed by atoms with E-state index in [2.05, 4.69) is 50.6 Å². The van der Waals surface area contributed by atoms with E-state index in [0.717, 1.165) is 33.4 Å². The molecule has 0 aliphatic carbocycles. The summed E-state index contributed by atoms with van der Waals surface area (Å²) >= 11 is 0. The molecule has 0 aliphatic rings. The molecule has 194 valence electrons. The van der Waals surface area contributed by atoms with Gasteiger partial charge in [0.2, 0.25) is 5.91 Å². The summed E-state index contributed by atoms with van der Waals surface area (Å²) in [5, 5.41) is 9.12. The van der Waals surface area contributed by atoms with Gasteiger partial charge in [0.05, 0.1) is 22.9 Å². The average molecular weight is 518 g/mol. The van der Waals surface area contributed by atoms with Crippen molar-refractivity contribution in [3.63, 3.8) is 0 Å². The lowest BCUT2D eigenvalue weighted by molar-refractivity contribution is -0.118. The van der Waals surface area contributed by atoms with Gasteiger partial charge in [-0.3, -0.25) is 4.79 Å². The summed E-state index contributed by atoms with van der Waals surface area (Å²) in [5.74, 6) is -0.314. The first kappa shape index (κ1) is 28.1. The zero-order chi connectivity index (χ0) is 27.3. The second-order valence-corrected chi connectivity index (χ2v) is 11.9. The second-order valence-electron chi connectivity index (χ2n) is 10.2. The first-order chi connectivity index (χ1) is 17.4. The molecule has 6 nitrogen and oxygen atoms in total. The fraction of sp³-hybridized carbons (Fsp3) is 0.333. The van der Waals surface area contributed by atoms with Gasteiger partial charge in [-0.1, -0.05) is 64.1 Å². The number of hydrogen-bond acceptors (Lipinski definition) is 5. The largest absolute Gasteiger partial charge is 0.305 e. The van der Waals surface area contributed by atoms with E-state index in [4.69, 9.17) is 5.26 Å². The molecule has 7 heteroatoms. The predicted molar refractivity (Wildman–Crippen MR) is 148 cm³/mol. The molecule has 0 saturated heterocycles. The summed E-state index contributed by atoms with van der Waals surface area (Å²) in [5.41, 5.74) is 6.44. The Morgan fingerprint density at radius 1 is 0.892 bits per heavy atom. The Morgan fingerprint density at radius 2 is 1.43 bits per heavy atom. The monoisotopic (exact) mass is 517 g/mol. The number of nitrogens with one attached hydrogen (secondary N) is 1. The molecule has 3 aromatic rings.